The number of aliphatic hydroxyl groups is 2. The molecule has 0 bridgehead atoms. The molecular weight excluding hydrogens is 1430 g/mol. The zero-order valence-corrected chi connectivity index (χ0v) is 71.5. The average molecular weight is 1550 g/mol. The fraction of sp³-hybridized carbons (Fsp3) is 0.471. The molecule has 0 aliphatic carbocycles. The van der Waals surface area contributed by atoms with Gasteiger partial charge in [0, 0.05) is 43.6 Å². The van der Waals surface area contributed by atoms with E-state index in [0.29, 0.717) is 75.2 Å². The van der Waals surface area contributed by atoms with Crippen molar-refractivity contribution in [1.29, 1.82) is 0 Å². The lowest BCUT2D eigenvalue weighted by molar-refractivity contribution is 0.0557. The van der Waals surface area contributed by atoms with Gasteiger partial charge in [0.1, 0.15) is 25.6 Å². The highest BCUT2D eigenvalue weighted by molar-refractivity contribution is 6.74. The molecule has 600 valence electrons. The maximum atomic E-state index is 13.2. The lowest BCUT2D eigenvalue weighted by Crippen LogP contribution is -2.50. The van der Waals surface area contributed by atoms with Gasteiger partial charge in [-0.15, -0.1) is 0 Å². The summed E-state index contributed by atoms with van der Waals surface area (Å²) in [6.07, 6.45) is 11.4. The number of aryl methyl sites for hydroxylation is 7. The van der Waals surface area contributed by atoms with E-state index in [0.717, 1.165) is 62.9 Å². The monoisotopic (exact) mass is 1550 g/mol. The number of nitrogens with zero attached hydrogens (tertiary/aromatic N) is 5. The van der Waals surface area contributed by atoms with Gasteiger partial charge in [-0.05, 0) is 233 Å². The van der Waals surface area contributed by atoms with Crippen molar-refractivity contribution in [1.82, 2.24) is 19.6 Å². The molecule has 23 nitrogen and oxygen atoms in total. The van der Waals surface area contributed by atoms with Crippen LogP contribution < -0.4 is 26.0 Å². The number of nitrogen functional groups attached to an aromatic ring is 1. The van der Waals surface area contributed by atoms with E-state index in [2.05, 4.69) is 98.1 Å². The molecule has 0 radical (unpaired) electrons. The third kappa shape index (κ3) is 23.1. The minimum Gasteiger partial charge on any atom is -0.496 e. The number of carbonyl (C=O) groups excluding carboxylic acids is 7. The van der Waals surface area contributed by atoms with Gasteiger partial charge < -0.3 is 63.3 Å². The number of carbonyl (C=O) groups is 7. The first-order valence-electron chi connectivity index (χ1n) is 37.2. The number of aliphatic hydroxyl groups excluding tert-OH is 2. The first-order valence-corrected chi connectivity index (χ1v) is 43.0. The maximum absolute atomic E-state index is 13.2. The van der Waals surface area contributed by atoms with Gasteiger partial charge >= 0.3 is 18.3 Å². The van der Waals surface area contributed by atoms with E-state index in [1.54, 1.807) is 71.8 Å². The van der Waals surface area contributed by atoms with Crippen molar-refractivity contribution in [2.75, 3.05) is 68.5 Å². The minimum atomic E-state index is -1.88. The van der Waals surface area contributed by atoms with Gasteiger partial charge in [-0.3, -0.25) is 29.8 Å². The maximum Gasteiger partial charge on any atom is 0.416 e. The highest BCUT2D eigenvalue weighted by Crippen LogP contribution is 2.41. The Morgan fingerprint density at radius 2 is 0.982 bits per heavy atom. The molecule has 0 spiro atoms. The SMILES string of the molecule is C=CCOC(=O)N1c2cc(C)c(C)cc2C(=O)N2C=C(C)C[C@H]2[C@@H]1O.C=CCOC(=O)Nc1cc(C)c(C)cc1C(=O)N1C=C(C)C[C@H]1C.C=CCOC(=O)Nc1cc(C)c(C)cc1C(=O)N1C=C(C)C[C@H]1CO.CO[Si](C)(C)C(C)(C)C.COc1cc(C(=O)N2C=C(C)C[C@H]2CO[Si](C)(C)C(C)(C)C)c(N)cc1C. The molecule has 0 fully saturated rings. The van der Waals surface area contributed by atoms with Crippen LogP contribution in [0.2, 0.25) is 36.3 Å². The van der Waals surface area contributed by atoms with Gasteiger partial charge in [-0.1, -0.05) is 102 Å². The predicted octanol–water partition coefficient (Wildman–Crippen LogP) is 17.6. The summed E-state index contributed by atoms with van der Waals surface area (Å²) >= 11 is 0. The topological polar surface area (TPSA) is 282 Å². The largest absolute Gasteiger partial charge is 0.496 e. The van der Waals surface area contributed by atoms with Crippen LogP contribution in [0.25, 0.3) is 0 Å². The number of benzene rings is 4. The number of amides is 7. The molecule has 0 saturated carbocycles. The van der Waals surface area contributed by atoms with Crippen LogP contribution in [-0.2, 0) is 23.1 Å². The first kappa shape index (κ1) is 91.2. The zero-order chi connectivity index (χ0) is 83.0. The zero-order valence-electron chi connectivity index (χ0n) is 69.5. The van der Waals surface area contributed by atoms with Crippen molar-refractivity contribution in [2.45, 2.75) is 217 Å². The second-order valence-corrected chi connectivity index (χ2v) is 41.7. The van der Waals surface area contributed by atoms with Crippen LogP contribution in [0.5, 0.6) is 5.75 Å². The quantitative estimate of drug-likeness (QED) is 0.0284. The predicted molar refractivity (Wildman–Crippen MR) is 444 cm³/mol. The number of nitrogens with two attached hydrogens (primary N) is 1. The van der Waals surface area contributed by atoms with Gasteiger partial charge in [-0.25, -0.2) is 19.3 Å². The lowest BCUT2D eigenvalue weighted by Gasteiger charge is -2.38. The molecule has 25 heteroatoms. The Kier molecular flexibility index (Phi) is 32.3. The first-order chi connectivity index (χ1) is 51.2. The number of fused-ring (bicyclic) bond motifs is 2. The Morgan fingerprint density at radius 1 is 0.555 bits per heavy atom. The molecule has 5 heterocycles. The molecule has 0 aromatic heterocycles. The summed E-state index contributed by atoms with van der Waals surface area (Å²) in [6, 6.07) is 13.4. The van der Waals surface area contributed by atoms with Gasteiger partial charge in [-0.2, -0.15) is 0 Å². The van der Waals surface area contributed by atoms with Crippen molar-refractivity contribution in [3.8, 4) is 5.75 Å². The molecule has 7 amide bonds. The van der Waals surface area contributed by atoms with Crippen LogP contribution in [0.1, 0.15) is 182 Å². The average Bonchev–Trinajstić information content (AvgIpc) is 1.60. The Morgan fingerprint density at radius 3 is 1.44 bits per heavy atom. The number of rotatable bonds is 17. The smallest absolute Gasteiger partial charge is 0.416 e. The van der Waals surface area contributed by atoms with E-state index in [1.807, 2.05) is 109 Å². The van der Waals surface area contributed by atoms with E-state index in [9.17, 15) is 43.8 Å². The standard InChI is InChI=1S/C21H34N2O3Si.C19H22N2O4.C19H24N2O4.C19H24N2O3.C7H18OSi/c1-14-9-16(13-26-27(7,8)21(3,4)5)23(12-14)20(24)17-11-19(25-6)15(2)10-18(17)22;1-5-6-25-19(24)21-15-9-13(4)12(3)8-14(15)17(22)20-10-11(2)7-16(20)18(21)23;1-5-6-25-19(24)20-17-9-14(4)13(3)8-16(17)18(23)21-10-12(2)7-15(21)11-22;1-6-7-24-19(23)20-17-10-14(4)13(3)9-16(17)18(22)21-11-12(2)8-15(21)5;1-7(2,3)9(5,6)8-4/h10-12,16H,9,13,22H2,1-8H3;5,8-10,16,18,23H,1,6-7H2,2-4H3;5,8-10,15,22H,1,6-7,11H2,2-4H3,(H,20,24);6,9-11,15H,1,7-8H2,2-5H3,(H,20,23);1-6H3/t16-;16-,18-;2*15-;/m0001./s1. The summed E-state index contributed by atoms with van der Waals surface area (Å²) in [7, 11) is 0.161. The molecule has 9 rings (SSSR count). The van der Waals surface area contributed by atoms with Crippen molar-refractivity contribution in [3.63, 3.8) is 0 Å². The summed E-state index contributed by atoms with van der Waals surface area (Å²) in [6.45, 7) is 56.8. The fourth-order valence-corrected chi connectivity index (χ4v) is 13.8. The van der Waals surface area contributed by atoms with Crippen molar-refractivity contribution < 1.29 is 71.6 Å². The van der Waals surface area contributed by atoms with E-state index in [4.69, 9.17) is 33.5 Å². The Labute approximate surface area is 655 Å². The van der Waals surface area contributed by atoms with E-state index >= 15 is 0 Å². The summed E-state index contributed by atoms with van der Waals surface area (Å²) < 4.78 is 32.3. The van der Waals surface area contributed by atoms with Crippen LogP contribution in [0.15, 0.2) is 134 Å². The van der Waals surface area contributed by atoms with Crippen LogP contribution in [0, 0.1) is 48.5 Å². The Bertz CT molecular complexity index is 4220. The molecule has 0 saturated heterocycles. The fourth-order valence-electron chi connectivity index (χ4n) is 12.1. The number of nitrogens with one attached hydrogen (secondary N) is 2. The highest BCUT2D eigenvalue weighted by Gasteiger charge is 2.45. The second kappa shape index (κ2) is 39.0. The van der Waals surface area contributed by atoms with Crippen LogP contribution in [0.4, 0.5) is 37.1 Å². The van der Waals surface area contributed by atoms with E-state index in [-0.39, 0.29) is 73.2 Å². The summed E-state index contributed by atoms with van der Waals surface area (Å²) in [4.78, 5) is 96.3. The molecule has 110 heavy (non-hydrogen) atoms. The molecule has 4 aromatic carbocycles. The van der Waals surface area contributed by atoms with Gasteiger partial charge in [0.15, 0.2) is 22.9 Å². The summed E-state index contributed by atoms with van der Waals surface area (Å²) in [5, 5.41) is 26.2. The summed E-state index contributed by atoms with van der Waals surface area (Å²) in [5.74, 6) is -0.0504. The minimum absolute atomic E-state index is 0.00155. The third-order valence-corrected chi connectivity index (χ3v) is 30.3. The number of hydrogen-bond acceptors (Lipinski definition) is 16. The number of anilines is 4. The number of hydrogen-bond donors (Lipinski definition) is 5. The molecular formula is C85H122N8O15Si2. The molecule has 6 N–H and O–H groups in total. The van der Waals surface area contributed by atoms with Gasteiger partial charge in [0.05, 0.1) is 77.8 Å². The third-order valence-electron chi connectivity index (χ3n) is 21.1. The number of ether oxygens (including phenoxy) is 4. The molecule has 4 aromatic rings. The lowest BCUT2D eigenvalue weighted by atomic mass is 10.0. The van der Waals surface area contributed by atoms with Gasteiger partial charge in [0.2, 0.25) is 0 Å². The highest BCUT2D eigenvalue weighted by atomic mass is 28.4. The molecule has 5 aliphatic heterocycles. The van der Waals surface area contributed by atoms with Gasteiger partial charge in [0.25, 0.3) is 23.6 Å². The van der Waals surface area contributed by atoms with Crippen molar-refractivity contribution in [3.05, 3.63) is 195 Å². The Hall–Kier alpha value is -9.38. The van der Waals surface area contributed by atoms with Crippen molar-refractivity contribution >= 4 is 81.3 Å². The molecule has 5 aliphatic rings. The Balaban J connectivity index is 0.000000253. The normalized spacial score (nSPS) is 17.9. The van der Waals surface area contributed by atoms with Crippen LogP contribution >= 0.6 is 0 Å². The molecule has 5 atom stereocenters. The van der Waals surface area contributed by atoms with E-state index in [1.165, 1.54) is 44.1 Å². The van der Waals surface area contributed by atoms with Crippen LogP contribution in [0.3, 0.4) is 0 Å². The second-order valence-electron chi connectivity index (χ2n) is 32.0. The number of methoxy groups -OCH3 is 1. The van der Waals surface area contributed by atoms with Crippen LogP contribution in [-0.4, -0.2) is 166 Å². The van der Waals surface area contributed by atoms with Crippen molar-refractivity contribution in [2.24, 2.45) is 0 Å². The molecule has 0 unspecified atom stereocenters. The van der Waals surface area contributed by atoms with E-state index < -0.39 is 47.2 Å². The summed E-state index contributed by atoms with van der Waals surface area (Å²) in [5.41, 5.74) is 20.5.